The Bertz CT molecular complexity index is 702. The molecule has 108 valence electrons. The van der Waals surface area contributed by atoms with Gasteiger partial charge in [-0.1, -0.05) is 18.2 Å². The van der Waals surface area contributed by atoms with E-state index in [1.807, 2.05) is 46.9 Å². The van der Waals surface area contributed by atoms with Crippen LogP contribution in [0.3, 0.4) is 0 Å². The van der Waals surface area contributed by atoms with E-state index >= 15 is 0 Å². The molecule has 21 heavy (non-hydrogen) atoms. The number of amides is 1. The van der Waals surface area contributed by atoms with Gasteiger partial charge in [-0.2, -0.15) is 0 Å². The summed E-state index contributed by atoms with van der Waals surface area (Å²) < 4.78 is 0.722. The van der Waals surface area contributed by atoms with Gasteiger partial charge in [0.1, 0.15) is 5.75 Å². The predicted octanol–water partition coefficient (Wildman–Crippen LogP) is 2.53. The number of hydrogen-bond acceptors (Lipinski definition) is 3. The Morgan fingerprint density at radius 1 is 1.29 bits per heavy atom. The summed E-state index contributed by atoms with van der Waals surface area (Å²) in [6.07, 6.45) is 0.776. The highest BCUT2D eigenvalue weighted by Crippen LogP contribution is 2.29. The predicted molar refractivity (Wildman–Crippen MR) is 90.6 cm³/mol. The molecule has 2 aromatic rings. The van der Waals surface area contributed by atoms with E-state index in [9.17, 15) is 9.90 Å². The molecule has 0 spiro atoms. The second-order valence-corrected chi connectivity index (χ2v) is 6.34. The lowest BCUT2D eigenvalue weighted by Gasteiger charge is -2.33. The molecule has 0 fully saturated rings. The quantitative estimate of drug-likeness (QED) is 0.731. The Labute approximate surface area is 136 Å². The van der Waals surface area contributed by atoms with Gasteiger partial charge in [0.25, 0.3) is 5.91 Å². The first kappa shape index (κ1) is 14.3. The number of rotatable bonds is 1. The Kier molecular flexibility index (Phi) is 3.86. The topological polar surface area (TPSA) is 66.6 Å². The number of carbonyl (C=O) groups is 1. The zero-order valence-electron chi connectivity index (χ0n) is 11.3. The standard InChI is InChI=1S/C16H15IN2O2/c17-13-6-5-11(8-15(13)20)16(21)19-9-12(18)7-10-3-1-2-4-14(10)19/h1-6,8,12,20H,7,9,18H2. The molecule has 1 atom stereocenters. The highest BCUT2D eigenvalue weighted by Gasteiger charge is 2.27. The third-order valence-corrected chi connectivity index (χ3v) is 4.53. The molecule has 1 heterocycles. The summed E-state index contributed by atoms with van der Waals surface area (Å²) in [5, 5.41) is 9.79. The molecule has 3 rings (SSSR count). The molecular formula is C16H15IN2O2. The largest absolute Gasteiger partial charge is 0.507 e. The van der Waals surface area contributed by atoms with E-state index in [-0.39, 0.29) is 17.7 Å². The fraction of sp³-hybridized carbons (Fsp3) is 0.188. The lowest BCUT2D eigenvalue weighted by atomic mass is 9.97. The van der Waals surface area contributed by atoms with Crippen molar-refractivity contribution < 1.29 is 9.90 Å². The van der Waals surface area contributed by atoms with Crippen LogP contribution < -0.4 is 10.6 Å². The number of nitrogens with zero attached hydrogens (tertiary/aromatic N) is 1. The summed E-state index contributed by atoms with van der Waals surface area (Å²) >= 11 is 2.03. The van der Waals surface area contributed by atoms with Gasteiger partial charge in [-0.3, -0.25) is 4.79 Å². The summed E-state index contributed by atoms with van der Waals surface area (Å²) in [6.45, 7) is 0.489. The molecule has 0 aromatic heterocycles. The second kappa shape index (κ2) is 5.65. The van der Waals surface area contributed by atoms with Gasteiger partial charge in [-0.15, -0.1) is 0 Å². The Morgan fingerprint density at radius 2 is 2.05 bits per heavy atom. The average Bonchev–Trinajstić information content (AvgIpc) is 2.48. The van der Waals surface area contributed by atoms with E-state index in [0.29, 0.717) is 12.1 Å². The minimum Gasteiger partial charge on any atom is -0.507 e. The van der Waals surface area contributed by atoms with Gasteiger partial charge in [0, 0.05) is 23.8 Å². The number of nitrogens with two attached hydrogens (primary N) is 1. The molecular weight excluding hydrogens is 379 g/mol. The van der Waals surface area contributed by atoms with Crippen molar-refractivity contribution in [3.05, 3.63) is 57.2 Å². The van der Waals surface area contributed by atoms with Gasteiger partial charge in [0.05, 0.1) is 3.57 Å². The average molecular weight is 394 g/mol. The minimum absolute atomic E-state index is 0.0682. The van der Waals surface area contributed by atoms with Crippen LogP contribution in [0.15, 0.2) is 42.5 Å². The van der Waals surface area contributed by atoms with Crippen molar-refractivity contribution in [2.45, 2.75) is 12.5 Å². The number of aromatic hydroxyl groups is 1. The lowest BCUT2D eigenvalue weighted by Crippen LogP contribution is -2.46. The third kappa shape index (κ3) is 2.75. The highest BCUT2D eigenvalue weighted by molar-refractivity contribution is 14.1. The maximum Gasteiger partial charge on any atom is 0.258 e. The van der Waals surface area contributed by atoms with Crippen molar-refractivity contribution in [2.24, 2.45) is 5.73 Å². The highest BCUT2D eigenvalue weighted by atomic mass is 127. The number of anilines is 1. The van der Waals surface area contributed by atoms with Gasteiger partial charge < -0.3 is 15.7 Å². The summed E-state index contributed by atoms with van der Waals surface area (Å²) in [7, 11) is 0. The summed E-state index contributed by atoms with van der Waals surface area (Å²) in [5.41, 5.74) is 8.52. The molecule has 2 aromatic carbocycles. The molecule has 1 amide bonds. The number of halogens is 1. The molecule has 3 N–H and O–H groups in total. The molecule has 0 saturated carbocycles. The van der Waals surface area contributed by atoms with Crippen LogP contribution >= 0.6 is 22.6 Å². The van der Waals surface area contributed by atoms with Gasteiger partial charge in [0.2, 0.25) is 0 Å². The van der Waals surface area contributed by atoms with Crippen LogP contribution in [-0.2, 0) is 6.42 Å². The van der Waals surface area contributed by atoms with Crippen LogP contribution in [0.4, 0.5) is 5.69 Å². The van der Waals surface area contributed by atoms with Gasteiger partial charge in [-0.05, 0) is 58.8 Å². The fourth-order valence-corrected chi connectivity index (χ4v) is 2.96. The summed E-state index contributed by atoms with van der Waals surface area (Å²) in [4.78, 5) is 14.4. The van der Waals surface area contributed by atoms with Crippen molar-refractivity contribution in [2.75, 3.05) is 11.4 Å². The number of para-hydroxylation sites is 1. The zero-order chi connectivity index (χ0) is 15.0. The van der Waals surface area contributed by atoms with Gasteiger partial charge >= 0.3 is 0 Å². The van der Waals surface area contributed by atoms with Crippen LogP contribution in [0.25, 0.3) is 0 Å². The summed E-state index contributed by atoms with van der Waals surface area (Å²) in [5.74, 6) is -0.0136. The lowest BCUT2D eigenvalue weighted by molar-refractivity contribution is 0.0983. The Morgan fingerprint density at radius 3 is 2.81 bits per heavy atom. The van der Waals surface area contributed by atoms with Crippen LogP contribution in [0.1, 0.15) is 15.9 Å². The molecule has 0 saturated heterocycles. The molecule has 0 bridgehead atoms. The van der Waals surface area contributed by atoms with Crippen molar-refractivity contribution in [1.29, 1.82) is 0 Å². The smallest absolute Gasteiger partial charge is 0.258 e. The van der Waals surface area contributed by atoms with E-state index < -0.39 is 0 Å². The monoisotopic (exact) mass is 394 g/mol. The van der Waals surface area contributed by atoms with Crippen LogP contribution in [-0.4, -0.2) is 23.6 Å². The SMILES string of the molecule is NC1Cc2ccccc2N(C(=O)c2ccc(I)c(O)c2)C1. The van der Waals surface area contributed by atoms with Crippen molar-refractivity contribution in [1.82, 2.24) is 0 Å². The first-order valence-corrected chi connectivity index (χ1v) is 7.78. The van der Waals surface area contributed by atoms with E-state index in [0.717, 1.165) is 21.2 Å². The van der Waals surface area contributed by atoms with Crippen LogP contribution in [0, 0.1) is 3.57 Å². The van der Waals surface area contributed by atoms with Crippen molar-refractivity contribution in [3.8, 4) is 5.75 Å². The molecule has 0 aliphatic carbocycles. The van der Waals surface area contributed by atoms with E-state index in [4.69, 9.17) is 5.73 Å². The third-order valence-electron chi connectivity index (χ3n) is 3.62. The van der Waals surface area contributed by atoms with Gasteiger partial charge in [0.15, 0.2) is 0 Å². The van der Waals surface area contributed by atoms with Crippen LogP contribution in [0.2, 0.25) is 0 Å². The number of phenols is 1. The van der Waals surface area contributed by atoms with E-state index in [1.54, 1.807) is 17.0 Å². The van der Waals surface area contributed by atoms with Crippen molar-refractivity contribution in [3.63, 3.8) is 0 Å². The summed E-state index contributed by atoms with van der Waals surface area (Å²) in [6, 6.07) is 12.7. The first-order valence-electron chi connectivity index (χ1n) is 6.70. The number of benzene rings is 2. The van der Waals surface area contributed by atoms with Gasteiger partial charge in [-0.25, -0.2) is 0 Å². The van der Waals surface area contributed by atoms with Crippen molar-refractivity contribution >= 4 is 34.2 Å². The number of carbonyl (C=O) groups excluding carboxylic acids is 1. The number of phenolic OH excluding ortho intramolecular Hbond substituents is 1. The molecule has 1 aliphatic heterocycles. The number of hydrogen-bond donors (Lipinski definition) is 2. The number of fused-ring (bicyclic) bond motifs is 1. The molecule has 4 nitrogen and oxygen atoms in total. The Hall–Kier alpha value is -1.60. The zero-order valence-corrected chi connectivity index (χ0v) is 13.4. The molecule has 0 radical (unpaired) electrons. The minimum atomic E-state index is -0.135. The second-order valence-electron chi connectivity index (χ2n) is 5.17. The van der Waals surface area contributed by atoms with E-state index in [1.165, 1.54) is 6.07 Å². The Balaban J connectivity index is 1.99. The molecule has 1 unspecified atom stereocenters. The molecule has 5 heteroatoms. The maximum atomic E-state index is 12.7. The normalized spacial score (nSPS) is 17.4. The van der Waals surface area contributed by atoms with Crippen LogP contribution in [0.5, 0.6) is 5.75 Å². The van der Waals surface area contributed by atoms with E-state index in [2.05, 4.69) is 0 Å². The fourth-order valence-electron chi connectivity index (χ4n) is 2.62. The first-order chi connectivity index (χ1) is 10.1. The maximum absolute atomic E-state index is 12.7. The molecule has 1 aliphatic rings.